The number of hydrogen-bond acceptors (Lipinski definition) is 4. The van der Waals surface area contributed by atoms with Crippen molar-refractivity contribution in [2.24, 2.45) is 5.92 Å². The highest BCUT2D eigenvalue weighted by Crippen LogP contribution is 2.50. The van der Waals surface area contributed by atoms with Gasteiger partial charge in [0.25, 0.3) is 5.91 Å². The first kappa shape index (κ1) is 20.7. The summed E-state index contributed by atoms with van der Waals surface area (Å²) in [5.74, 6) is 0.448. The van der Waals surface area contributed by atoms with Gasteiger partial charge in [-0.25, -0.2) is 4.39 Å². The quantitative estimate of drug-likeness (QED) is 0.810. The summed E-state index contributed by atoms with van der Waals surface area (Å²) in [4.78, 5) is 15.2. The standard InChI is InChI=1S/C24H28FNO4/c1-29-20-10-9-16(15-21(20)30-2)22-19-8-3-4-11-24(19,28)12-13-26(22)23(27)17-6-5-7-18(25)14-17/h5-7,9-10,14-15,19,22,28H,3-4,8,11-13H2,1-2H3. The highest BCUT2D eigenvalue weighted by Gasteiger charge is 2.50. The van der Waals surface area contributed by atoms with Gasteiger partial charge in [0, 0.05) is 18.0 Å². The second-order valence-corrected chi connectivity index (χ2v) is 8.27. The summed E-state index contributed by atoms with van der Waals surface area (Å²) in [6.45, 7) is 0.418. The Hall–Kier alpha value is -2.60. The fraction of sp³-hybridized carbons (Fsp3) is 0.458. The molecule has 30 heavy (non-hydrogen) atoms. The van der Waals surface area contributed by atoms with E-state index in [2.05, 4.69) is 0 Å². The molecule has 1 saturated heterocycles. The first-order valence-corrected chi connectivity index (χ1v) is 10.5. The predicted molar refractivity (Wildman–Crippen MR) is 111 cm³/mol. The lowest BCUT2D eigenvalue weighted by molar-refractivity contribution is -0.115. The largest absolute Gasteiger partial charge is 0.493 e. The fourth-order valence-corrected chi connectivity index (χ4v) is 5.15. The molecule has 0 bridgehead atoms. The van der Waals surface area contributed by atoms with Gasteiger partial charge in [0.2, 0.25) is 0 Å². The van der Waals surface area contributed by atoms with E-state index >= 15 is 0 Å². The number of halogens is 1. The number of carbonyl (C=O) groups excluding carboxylic acids is 1. The van der Waals surface area contributed by atoms with Crippen LogP contribution >= 0.6 is 0 Å². The summed E-state index contributed by atoms with van der Waals surface area (Å²) in [7, 11) is 3.16. The molecule has 2 aromatic carbocycles. The van der Waals surface area contributed by atoms with Crippen LogP contribution < -0.4 is 9.47 Å². The zero-order valence-electron chi connectivity index (χ0n) is 17.4. The molecular formula is C24H28FNO4. The number of methoxy groups -OCH3 is 2. The molecule has 5 nitrogen and oxygen atoms in total. The lowest BCUT2D eigenvalue weighted by Crippen LogP contribution is -2.56. The molecule has 1 saturated carbocycles. The Balaban J connectivity index is 1.78. The molecule has 1 aliphatic carbocycles. The number of rotatable bonds is 4. The van der Waals surface area contributed by atoms with Gasteiger partial charge in [-0.1, -0.05) is 25.0 Å². The number of piperidine rings is 1. The van der Waals surface area contributed by atoms with Crippen LogP contribution in [0.15, 0.2) is 42.5 Å². The van der Waals surface area contributed by atoms with Gasteiger partial charge in [0.05, 0.1) is 25.9 Å². The highest BCUT2D eigenvalue weighted by molar-refractivity contribution is 5.94. The monoisotopic (exact) mass is 413 g/mol. The molecule has 3 unspecified atom stereocenters. The fourth-order valence-electron chi connectivity index (χ4n) is 5.15. The molecule has 2 fully saturated rings. The molecule has 3 atom stereocenters. The second-order valence-electron chi connectivity index (χ2n) is 8.27. The smallest absolute Gasteiger partial charge is 0.254 e. The number of benzene rings is 2. The Morgan fingerprint density at radius 1 is 1.10 bits per heavy atom. The van der Waals surface area contributed by atoms with Crippen LogP contribution in [0.2, 0.25) is 0 Å². The minimum absolute atomic E-state index is 0.0874. The van der Waals surface area contributed by atoms with E-state index in [0.717, 1.165) is 31.2 Å². The Bertz CT molecular complexity index is 933. The number of nitrogens with zero attached hydrogens (tertiary/aromatic N) is 1. The molecule has 1 N–H and O–H groups in total. The van der Waals surface area contributed by atoms with Crippen LogP contribution in [0.25, 0.3) is 0 Å². The zero-order chi connectivity index (χ0) is 21.3. The normalized spacial score (nSPS) is 26.1. The molecule has 1 amide bonds. The van der Waals surface area contributed by atoms with Crippen molar-refractivity contribution in [1.29, 1.82) is 0 Å². The van der Waals surface area contributed by atoms with E-state index in [-0.39, 0.29) is 17.9 Å². The average molecular weight is 413 g/mol. The number of aliphatic hydroxyl groups is 1. The molecule has 4 rings (SSSR count). The van der Waals surface area contributed by atoms with Crippen molar-refractivity contribution < 1.29 is 23.8 Å². The minimum Gasteiger partial charge on any atom is -0.493 e. The third kappa shape index (κ3) is 3.65. The number of fused-ring (bicyclic) bond motifs is 1. The Morgan fingerprint density at radius 2 is 1.90 bits per heavy atom. The first-order chi connectivity index (χ1) is 14.5. The predicted octanol–water partition coefficient (Wildman–Crippen LogP) is 4.35. The lowest BCUT2D eigenvalue weighted by atomic mass is 9.66. The molecule has 6 heteroatoms. The van der Waals surface area contributed by atoms with Crippen LogP contribution in [0.3, 0.4) is 0 Å². The van der Waals surface area contributed by atoms with Crippen LogP contribution in [0.1, 0.15) is 54.1 Å². The van der Waals surface area contributed by atoms with Crippen molar-refractivity contribution in [2.75, 3.05) is 20.8 Å². The summed E-state index contributed by atoms with van der Waals surface area (Å²) in [6.07, 6.45) is 4.11. The average Bonchev–Trinajstić information content (AvgIpc) is 2.77. The SMILES string of the molecule is COc1ccc(C2C3CCCCC3(O)CCN2C(=O)c2cccc(F)c2)cc1OC. The van der Waals surface area contributed by atoms with Crippen LogP contribution in [-0.2, 0) is 0 Å². The molecule has 0 spiro atoms. The first-order valence-electron chi connectivity index (χ1n) is 10.5. The molecule has 0 aromatic heterocycles. The number of likely N-dealkylation sites (tertiary alicyclic amines) is 1. The van der Waals surface area contributed by atoms with Gasteiger partial charge in [-0.2, -0.15) is 0 Å². The van der Waals surface area contributed by atoms with E-state index in [1.54, 1.807) is 31.3 Å². The van der Waals surface area contributed by atoms with Crippen LogP contribution in [0.4, 0.5) is 4.39 Å². The van der Waals surface area contributed by atoms with E-state index in [1.807, 2.05) is 18.2 Å². The molecule has 2 aliphatic rings. The summed E-state index contributed by atoms with van der Waals surface area (Å²) >= 11 is 0. The van der Waals surface area contributed by atoms with Gasteiger partial charge < -0.3 is 19.5 Å². The van der Waals surface area contributed by atoms with Crippen molar-refractivity contribution in [3.8, 4) is 11.5 Å². The summed E-state index contributed by atoms with van der Waals surface area (Å²) in [5, 5.41) is 11.4. The van der Waals surface area contributed by atoms with Crippen LogP contribution in [0.5, 0.6) is 11.5 Å². The lowest BCUT2D eigenvalue weighted by Gasteiger charge is -2.52. The summed E-state index contributed by atoms with van der Waals surface area (Å²) in [5.41, 5.74) is 0.415. The van der Waals surface area contributed by atoms with Crippen molar-refractivity contribution in [3.63, 3.8) is 0 Å². The third-order valence-electron chi connectivity index (χ3n) is 6.65. The van der Waals surface area contributed by atoms with Crippen LogP contribution in [0, 0.1) is 11.7 Å². The highest BCUT2D eigenvalue weighted by atomic mass is 19.1. The molecule has 0 radical (unpaired) electrons. The molecular weight excluding hydrogens is 385 g/mol. The van der Waals surface area contributed by atoms with Gasteiger partial charge >= 0.3 is 0 Å². The maximum Gasteiger partial charge on any atom is 0.254 e. The topological polar surface area (TPSA) is 59.0 Å². The van der Waals surface area contributed by atoms with Gasteiger partial charge in [-0.15, -0.1) is 0 Å². The third-order valence-corrected chi connectivity index (χ3v) is 6.65. The van der Waals surface area contributed by atoms with Crippen molar-refractivity contribution in [2.45, 2.75) is 43.7 Å². The van der Waals surface area contributed by atoms with E-state index in [9.17, 15) is 14.3 Å². The van der Waals surface area contributed by atoms with E-state index in [0.29, 0.717) is 30.0 Å². The number of hydrogen-bond donors (Lipinski definition) is 1. The number of carbonyl (C=O) groups is 1. The number of amides is 1. The number of ether oxygens (including phenoxy) is 2. The van der Waals surface area contributed by atoms with Crippen molar-refractivity contribution in [1.82, 2.24) is 4.90 Å². The van der Waals surface area contributed by atoms with E-state index in [4.69, 9.17) is 9.47 Å². The molecule has 160 valence electrons. The molecule has 2 aromatic rings. The molecule has 1 aliphatic heterocycles. The van der Waals surface area contributed by atoms with E-state index < -0.39 is 11.4 Å². The summed E-state index contributed by atoms with van der Waals surface area (Å²) < 4.78 is 24.6. The Labute approximate surface area is 176 Å². The van der Waals surface area contributed by atoms with Gasteiger partial charge in [0.15, 0.2) is 11.5 Å². The van der Waals surface area contributed by atoms with E-state index in [1.165, 1.54) is 12.1 Å². The second kappa shape index (κ2) is 8.26. The molecule has 1 heterocycles. The van der Waals surface area contributed by atoms with Crippen LogP contribution in [-0.4, -0.2) is 42.3 Å². The van der Waals surface area contributed by atoms with Gasteiger partial charge in [-0.3, -0.25) is 4.79 Å². The van der Waals surface area contributed by atoms with Gasteiger partial charge in [0.1, 0.15) is 5.82 Å². The maximum absolute atomic E-state index is 13.8. The Kier molecular flexibility index (Phi) is 5.69. The Morgan fingerprint density at radius 3 is 2.63 bits per heavy atom. The van der Waals surface area contributed by atoms with Crippen molar-refractivity contribution >= 4 is 5.91 Å². The van der Waals surface area contributed by atoms with Crippen molar-refractivity contribution in [3.05, 3.63) is 59.4 Å². The summed E-state index contributed by atoms with van der Waals surface area (Å²) in [6, 6.07) is 11.1. The maximum atomic E-state index is 13.8. The zero-order valence-corrected chi connectivity index (χ0v) is 17.4. The minimum atomic E-state index is -0.797. The van der Waals surface area contributed by atoms with Gasteiger partial charge in [-0.05, 0) is 55.2 Å².